The maximum atomic E-state index is 13.7. The molecule has 11 heteroatoms. The van der Waals surface area contributed by atoms with Gasteiger partial charge in [0.1, 0.15) is 0 Å². The highest BCUT2D eigenvalue weighted by molar-refractivity contribution is 14.0. The number of hydrogen-bond acceptors (Lipinski definition) is 5. The second-order valence-electron chi connectivity index (χ2n) is 7.99. The van der Waals surface area contributed by atoms with Crippen molar-refractivity contribution >= 4 is 35.6 Å². The summed E-state index contributed by atoms with van der Waals surface area (Å²) in [6.45, 7) is 3.91. The molecule has 0 radical (unpaired) electrons. The van der Waals surface area contributed by atoms with E-state index in [-0.39, 0.29) is 48.1 Å². The third-order valence-electron chi connectivity index (χ3n) is 5.90. The van der Waals surface area contributed by atoms with E-state index in [1.165, 1.54) is 12.1 Å². The highest BCUT2D eigenvalue weighted by atomic mass is 127. The van der Waals surface area contributed by atoms with Crippen LogP contribution in [0, 0.1) is 5.41 Å². The summed E-state index contributed by atoms with van der Waals surface area (Å²) in [5.41, 5.74) is -0.139. The number of aliphatic imine (C=N–C) groups is 1. The molecule has 182 valence electrons. The van der Waals surface area contributed by atoms with E-state index >= 15 is 0 Å². The summed E-state index contributed by atoms with van der Waals surface area (Å²) in [7, 11) is 1.57. The van der Waals surface area contributed by atoms with Crippen LogP contribution in [-0.2, 0) is 22.2 Å². The summed E-state index contributed by atoms with van der Waals surface area (Å²) in [5, 5.41) is 15.5. The van der Waals surface area contributed by atoms with Crippen molar-refractivity contribution < 1.29 is 27.8 Å². The van der Waals surface area contributed by atoms with E-state index in [4.69, 9.17) is 9.47 Å². The van der Waals surface area contributed by atoms with Crippen LogP contribution in [-0.4, -0.2) is 70.8 Å². The second-order valence-corrected chi connectivity index (χ2v) is 7.99. The molecule has 0 aromatic heterocycles. The van der Waals surface area contributed by atoms with Crippen LogP contribution in [0.1, 0.15) is 24.0 Å². The van der Waals surface area contributed by atoms with E-state index in [1.54, 1.807) is 13.1 Å². The Labute approximate surface area is 203 Å². The Bertz CT molecular complexity index is 752. The van der Waals surface area contributed by atoms with Gasteiger partial charge in [0.25, 0.3) is 0 Å². The molecule has 0 aliphatic carbocycles. The van der Waals surface area contributed by atoms with Crippen LogP contribution in [0.3, 0.4) is 0 Å². The van der Waals surface area contributed by atoms with Crippen LogP contribution in [0.2, 0.25) is 0 Å². The third kappa shape index (κ3) is 7.09. The Morgan fingerprint density at radius 2 is 1.94 bits per heavy atom. The molecular weight excluding hydrogens is 540 g/mol. The monoisotopic (exact) mass is 572 g/mol. The molecule has 0 saturated carbocycles. The smallest absolute Gasteiger partial charge is 0.396 e. The number of anilines is 1. The van der Waals surface area contributed by atoms with Gasteiger partial charge in [0.2, 0.25) is 0 Å². The summed E-state index contributed by atoms with van der Waals surface area (Å²) >= 11 is 0. The summed E-state index contributed by atoms with van der Waals surface area (Å²) in [5.74, 6) is 0.412. The van der Waals surface area contributed by atoms with Gasteiger partial charge in [0.05, 0.1) is 25.4 Å². The fraction of sp³-hybridized carbons (Fsp3) is 0.667. The van der Waals surface area contributed by atoms with Gasteiger partial charge in [0, 0.05) is 57.5 Å². The number of rotatable bonds is 7. The van der Waals surface area contributed by atoms with Crippen LogP contribution in [0.4, 0.5) is 18.9 Å². The molecule has 32 heavy (non-hydrogen) atoms. The number of benzene rings is 1. The predicted molar refractivity (Wildman–Crippen MR) is 128 cm³/mol. The molecule has 3 N–H and O–H groups in total. The van der Waals surface area contributed by atoms with Gasteiger partial charge in [-0.05, 0) is 30.5 Å². The molecule has 1 unspecified atom stereocenters. The van der Waals surface area contributed by atoms with Crippen LogP contribution in [0.15, 0.2) is 23.2 Å². The van der Waals surface area contributed by atoms with E-state index in [2.05, 4.69) is 15.6 Å². The fourth-order valence-electron chi connectivity index (χ4n) is 3.98. The van der Waals surface area contributed by atoms with E-state index in [0.717, 1.165) is 6.42 Å². The number of aliphatic hydroxyl groups is 1. The number of morpholine rings is 1. The maximum Gasteiger partial charge on any atom is 0.416 e. The minimum Gasteiger partial charge on any atom is -0.396 e. The fourth-order valence-corrected chi connectivity index (χ4v) is 3.98. The number of nitrogens with zero attached hydrogens (tertiary/aromatic N) is 2. The zero-order valence-electron chi connectivity index (χ0n) is 18.2. The first-order valence-corrected chi connectivity index (χ1v) is 10.5. The first kappa shape index (κ1) is 26.9. The molecular formula is C21H32F3IN4O3. The number of hydrogen-bond donors (Lipinski definition) is 3. The van der Waals surface area contributed by atoms with Crippen molar-refractivity contribution in [2.24, 2.45) is 10.4 Å². The number of halogens is 4. The number of guanidine groups is 1. The molecule has 0 spiro atoms. The minimum atomic E-state index is -4.46. The predicted octanol–water partition coefficient (Wildman–Crippen LogP) is 2.61. The van der Waals surface area contributed by atoms with Crippen LogP contribution in [0.5, 0.6) is 0 Å². The summed E-state index contributed by atoms with van der Waals surface area (Å²) < 4.78 is 52.0. The lowest BCUT2D eigenvalue weighted by Crippen LogP contribution is -2.44. The highest BCUT2D eigenvalue weighted by Gasteiger charge is 2.35. The molecule has 3 rings (SSSR count). The third-order valence-corrected chi connectivity index (χ3v) is 5.90. The molecule has 0 amide bonds. The van der Waals surface area contributed by atoms with Gasteiger partial charge in [-0.3, -0.25) is 4.99 Å². The normalized spacial score (nSPS) is 21.9. The maximum absolute atomic E-state index is 13.7. The van der Waals surface area contributed by atoms with Gasteiger partial charge < -0.3 is 30.1 Å². The lowest BCUT2D eigenvalue weighted by molar-refractivity contribution is -0.138. The molecule has 0 bridgehead atoms. The molecule has 1 aromatic carbocycles. The lowest BCUT2D eigenvalue weighted by Gasteiger charge is -2.30. The zero-order valence-corrected chi connectivity index (χ0v) is 20.5. The van der Waals surface area contributed by atoms with Crippen molar-refractivity contribution in [1.82, 2.24) is 10.6 Å². The summed E-state index contributed by atoms with van der Waals surface area (Å²) in [6.07, 6.45) is -3.04. The van der Waals surface area contributed by atoms with E-state index in [0.29, 0.717) is 64.1 Å². The quantitative estimate of drug-likeness (QED) is 0.265. The number of alkyl halides is 3. The summed E-state index contributed by atoms with van der Waals surface area (Å²) in [6, 6.07) is 4.45. The Hall–Kier alpha value is -1.31. The van der Waals surface area contributed by atoms with Crippen molar-refractivity contribution in [2.75, 3.05) is 64.6 Å². The number of aliphatic hydroxyl groups excluding tert-OH is 1. The van der Waals surface area contributed by atoms with Gasteiger partial charge in [-0.1, -0.05) is 6.07 Å². The molecule has 2 aliphatic heterocycles. The first-order valence-electron chi connectivity index (χ1n) is 10.5. The van der Waals surface area contributed by atoms with E-state index in [9.17, 15) is 18.3 Å². The average molecular weight is 572 g/mol. The molecule has 1 atom stereocenters. The zero-order chi connectivity index (χ0) is 22.3. The Morgan fingerprint density at radius 3 is 2.53 bits per heavy atom. The topological polar surface area (TPSA) is 78.4 Å². The van der Waals surface area contributed by atoms with Crippen molar-refractivity contribution in [3.63, 3.8) is 0 Å². The Kier molecular flexibility index (Phi) is 10.3. The van der Waals surface area contributed by atoms with Crippen LogP contribution < -0.4 is 15.5 Å². The standard InChI is InChI=1S/C21H31F3N4O3.HI/c1-25-19(27-14-20(4-8-29)5-9-31-15-20)26-13-16-2-3-17(12-18(16)21(22,23)24)28-6-10-30-11-7-28;/h2-3,12,29H,4-11,13-15H2,1H3,(H2,25,26,27);1H. The lowest BCUT2D eigenvalue weighted by atomic mass is 9.84. The van der Waals surface area contributed by atoms with E-state index in [1.807, 2.05) is 4.90 Å². The Balaban J connectivity index is 0.00000363. The van der Waals surface area contributed by atoms with Crippen molar-refractivity contribution in [3.8, 4) is 0 Å². The van der Waals surface area contributed by atoms with Crippen molar-refractivity contribution in [1.29, 1.82) is 0 Å². The molecule has 2 saturated heterocycles. The molecule has 2 aliphatic rings. The first-order chi connectivity index (χ1) is 14.9. The van der Waals surface area contributed by atoms with E-state index < -0.39 is 11.7 Å². The van der Waals surface area contributed by atoms with Gasteiger partial charge in [-0.25, -0.2) is 0 Å². The molecule has 7 nitrogen and oxygen atoms in total. The Morgan fingerprint density at radius 1 is 1.19 bits per heavy atom. The van der Waals surface area contributed by atoms with Gasteiger partial charge in [-0.15, -0.1) is 24.0 Å². The van der Waals surface area contributed by atoms with Gasteiger partial charge >= 0.3 is 6.18 Å². The molecule has 2 heterocycles. The molecule has 1 aromatic rings. The molecule has 2 fully saturated rings. The van der Waals surface area contributed by atoms with Crippen molar-refractivity contribution in [2.45, 2.75) is 25.6 Å². The SMILES string of the molecule is CN=C(NCc1ccc(N2CCOCC2)cc1C(F)(F)F)NCC1(CCO)CCOC1.I. The van der Waals surface area contributed by atoms with Crippen molar-refractivity contribution in [3.05, 3.63) is 29.3 Å². The van der Waals surface area contributed by atoms with Gasteiger partial charge in [-0.2, -0.15) is 13.2 Å². The largest absolute Gasteiger partial charge is 0.416 e. The second kappa shape index (κ2) is 12.2. The van der Waals surface area contributed by atoms with Crippen LogP contribution in [0.25, 0.3) is 0 Å². The minimum absolute atomic E-state index is 0. The van der Waals surface area contributed by atoms with Crippen LogP contribution >= 0.6 is 24.0 Å². The number of nitrogens with one attached hydrogen (secondary N) is 2. The highest BCUT2D eigenvalue weighted by Crippen LogP contribution is 2.35. The number of ether oxygens (including phenoxy) is 2. The average Bonchev–Trinajstić information content (AvgIpc) is 3.23. The summed E-state index contributed by atoms with van der Waals surface area (Å²) in [4.78, 5) is 6.03. The van der Waals surface area contributed by atoms with Gasteiger partial charge in [0.15, 0.2) is 5.96 Å².